The molecule has 1 unspecified atom stereocenters. The Hall–Kier alpha value is -0.0200. The Morgan fingerprint density at radius 2 is 1.92 bits per heavy atom. The minimum Gasteiger partial charge on any atom is -0.328 e. The van der Waals surface area contributed by atoms with E-state index < -0.39 is 19.7 Å². The van der Waals surface area contributed by atoms with Crippen LogP contribution in [0.5, 0.6) is 0 Å². The summed E-state index contributed by atoms with van der Waals surface area (Å²) in [6, 6.07) is 0. The third kappa shape index (κ3) is 8.31. The first kappa shape index (κ1) is 13.0. The van der Waals surface area contributed by atoms with Gasteiger partial charge in [0, 0.05) is 6.66 Å². The van der Waals surface area contributed by atoms with Crippen molar-refractivity contribution in [1.82, 2.24) is 0 Å². The summed E-state index contributed by atoms with van der Waals surface area (Å²) in [5.41, 5.74) is 0. The molecule has 0 aromatic carbocycles. The van der Waals surface area contributed by atoms with Crippen LogP contribution in [0.1, 0.15) is 19.8 Å². The van der Waals surface area contributed by atoms with Crippen molar-refractivity contribution in [3.8, 4) is 0 Å². The average molecular weight is 218 g/mol. The molecule has 0 radical (unpaired) electrons. The molecule has 80 valence electrons. The second-order valence-corrected chi connectivity index (χ2v) is 5.58. The van der Waals surface area contributed by atoms with Crippen LogP contribution in [0.3, 0.4) is 0 Å². The second-order valence-electron chi connectivity index (χ2n) is 2.97. The molecule has 0 heterocycles. The average Bonchev–Trinajstić information content (AvgIpc) is 1.81. The van der Waals surface area contributed by atoms with E-state index >= 15 is 0 Å². The highest BCUT2D eigenvalue weighted by Crippen LogP contribution is 2.47. The molecule has 0 aromatic rings. The van der Waals surface area contributed by atoms with E-state index in [0.717, 1.165) is 13.1 Å². The van der Waals surface area contributed by atoms with Crippen LogP contribution in [0.15, 0.2) is 0 Å². The van der Waals surface area contributed by atoms with Gasteiger partial charge >= 0.3 is 6.18 Å². The Bertz CT molecular complexity index is 191. The lowest BCUT2D eigenvalue weighted by molar-refractivity contribution is -0.108. The normalized spacial score (nSPS) is 17.0. The zero-order valence-electron chi connectivity index (χ0n) is 7.73. The standard InChI is InChI=1S/C7H14F3O2P/c1-3-4-5-12-13(2,11)6-7(8,9)10/h3-6H2,1-2H3. The van der Waals surface area contributed by atoms with Gasteiger partial charge in [-0.2, -0.15) is 13.2 Å². The smallest absolute Gasteiger partial charge is 0.328 e. The minimum absolute atomic E-state index is 0.139. The molecule has 0 aromatic heterocycles. The zero-order chi connectivity index (χ0) is 10.5. The molecular weight excluding hydrogens is 204 g/mol. The molecule has 0 aliphatic rings. The lowest BCUT2D eigenvalue weighted by Crippen LogP contribution is -2.15. The van der Waals surface area contributed by atoms with Gasteiger partial charge in [-0.15, -0.1) is 0 Å². The van der Waals surface area contributed by atoms with E-state index in [4.69, 9.17) is 0 Å². The van der Waals surface area contributed by atoms with Gasteiger partial charge in [-0.3, -0.25) is 4.57 Å². The summed E-state index contributed by atoms with van der Waals surface area (Å²) in [5.74, 6) is 0. The molecule has 0 aliphatic carbocycles. The predicted octanol–water partition coefficient (Wildman–Crippen LogP) is 3.27. The van der Waals surface area contributed by atoms with Gasteiger partial charge in [0.25, 0.3) is 0 Å². The van der Waals surface area contributed by atoms with Gasteiger partial charge in [0.2, 0.25) is 7.37 Å². The van der Waals surface area contributed by atoms with Crippen LogP contribution in [0.25, 0.3) is 0 Å². The van der Waals surface area contributed by atoms with Crippen molar-refractivity contribution in [3.05, 3.63) is 0 Å². The van der Waals surface area contributed by atoms with Crippen LogP contribution in [-0.2, 0) is 9.09 Å². The van der Waals surface area contributed by atoms with Gasteiger partial charge in [0.15, 0.2) is 0 Å². The van der Waals surface area contributed by atoms with E-state index in [0.29, 0.717) is 6.42 Å². The van der Waals surface area contributed by atoms with Crippen molar-refractivity contribution >= 4 is 7.37 Å². The van der Waals surface area contributed by atoms with E-state index in [1.165, 1.54) is 0 Å². The summed E-state index contributed by atoms with van der Waals surface area (Å²) in [6.07, 6.45) is -4.29. The molecule has 0 aliphatic heterocycles. The summed E-state index contributed by atoms with van der Waals surface area (Å²) in [7, 11) is -3.47. The molecule has 2 nitrogen and oxygen atoms in total. The van der Waals surface area contributed by atoms with Gasteiger partial charge in [-0.25, -0.2) is 0 Å². The second kappa shape index (κ2) is 5.01. The monoisotopic (exact) mass is 218 g/mol. The predicted molar refractivity (Wildman–Crippen MR) is 45.3 cm³/mol. The third-order valence-electron chi connectivity index (χ3n) is 1.33. The zero-order valence-corrected chi connectivity index (χ0v) is 8.62. The van der Waals surface area contributed by atoms with Crippen molar-refractivity contribution < 1.29 is 22.3 Å². The molecule has 0 N–H and O–H groups in total. The van der Waals surface area contributed by atoms with E-state index in [2.05, 4.69) is 4.52 Å². The highest BCUT2D eigenvalue weighted by Gasteiger charge is 2.36. The number of rotatable bonds is 5. The van der Waals surface area contributed by atoms with Gasteiger partial charge < -0.3 is 4.52 Å². The topological polar surface area (TPSA) is 26.3 Å². The van der Waals surface area contributed by atoms with E-state index in [1.54, 1.807) is 0 Å². The van der Waals surface area contributed by atoms with Crippen molar-refractivity contribution in [2.75, 3.05) is 19.4 Å². The first-order valence-electron chi connectivity index (χ1n) is 4.04. The highest BCUT2D eigenvalue weighted by atomic mass is 31.2. The molecule has 1 atom stereocenters. The van der Waals surface area contributed by atoms with Crippen LogP contribution in [0, 0.1) is 0 Å². The van der Waals surface area contributed by atoms with Gasteiger partial charge in [0.05, 0.1) is 6.61 Å². The Balaban J connectivity index is 3.88. The number of unbranched alkanes of at least 4 members (excludes halogenated alkanes) is 1. The molecule has 13 heavy (non-hydrogen) atoms. The summed E-state index contributed by atoms with van der Waals surface area (Å²) < 4.78 is 51.3. The minimum atomic E-state index is -4.41. The third-order valence-corrected chi connectivity index (χ3v) is 2.99. The Morgan fingerprint density at radius 3 is 2.31 bits per heavy atom. The summed E-state index contributed by atoms with van der Waals surface area (Å²) in [4.78, 5) is 0. The van der Waals surface area contributed by atoms with Crippen molar-refractivity contribution in [2.24, 2.45) is 0 Å². The number of hydrogen-bond donors (Lipinski definition) is 0. The maximum Gasteiger partial charge on any atom is 0.397 e. The fraction of sp³-hybridized carbons (Fsp3) is 1.00. The van der Waals surface area contributed by atoms with Crippen molar-refractivity contribution in [3.63, 3.8) is 0 Å². The lowest BCUT2D eigenvalue weighted by atomic mass is 10.4. The molecular formula is C7H14F3O2P. The van der Waals surface area contributed by atoms with Crippen molar-refractivity contribution in [1.29, 1.82) is 0 Å². The van der Waals surface area contributed by atoms with Crippen LogP contribution >= 0.6 is 7.37 Å². The van der Waals surface area contributed by atoms with E-state index in [1.807, 2.05) is 6.92 Å². The number of hydrogen-bond acceptors (Lipinski definition) is 2. The van der Waals surface area contributed by atoms with Gasteiger partial charge in [0.1, 0.15) is 6.16 Å². The largest absolute Gasteiger partial charge is 0.397 e. The molecule has 6 heteroatoms. The van der Waals surface area contributed by atoms with Crippen LogP contribution < -0.4 is 0 Å². The Labute approximate surface area is 75.9 Å². The fourth-order valence-electron chi connectivity index (χ4n) is 0.773. The molecule has 0 fully saturated rings. The summed E-state index contributed by atoms with van der Waals surface area (Å²) >= 11 is 0. The van der Waals surface area contributed by atoms with E-state index in [9.17, 15) is 17.7 Å². The van der Waals surface area contributed by atoms with Gasteiger partial charge in [-0.05, 0) is 6.42 Å². The maximum absolute atomic E-state index is 11.8. The highest BCUT2D eigenvalue weighted by molar-refractivity contribution is 7.58. The van der Waals surface area contributed by atoms with Crippen LogP contribution in [0.2, 0.25) is 0 Å². The summed E-state index contributed by atoms with van der Waals surface area (Å²) in [6.45, 7) is 3.05. The Kier molecular flexibility index (Phi) is 5.00. The van der Waals surface area contributed by atoms with Crippen LogP contribution in [-0.4, -0.2) is 25.6 Å². The first-order chi connectivity index (χ1) is 5.77. The molecule has 0 saturated heterocycles. The maximum atomic E-state index is 11.8. The summed E-state index contributed by atoms with van der Waals surface area (Å²) in [5, 5.41) is 0. The fourth-order valence-corrected chi connectivity index (χ4v) is 2.03. The number of halogens is 3. The van der Waals surface area contributed by atoms with Crippen LogP contribution in [0.4, 0.5) is 13.2 Å². The van der Waals surface area contributed by atoms with Crippen molar-refractivity contribution in [2.45, 2.75) is 25.9 Å². The first-order valence-corrected chi connectivity index (χ1v) is 6.30. The Morgan fingerprint density at radius 1 is 1.38 bits per heavy atom. The lowest BCUT2D eigenvalue weighted by Gasteiger charge is -2.15. The molecule has 0 saturated carbocycles. The SMILES string of the molecule is CCCCOP(C)(=O)CC(F)(F)F. The van der Waals surface area contributed by atoms with E-state index in [-0.39, 0.29) is 6.61 Å². The van der Waals surface area contributed by atoms with Gasteiger partial charge in [-0.1, -0.05) is 13.3 Å². The molecule has 0 rings (SSSR count). The molecule has 0 spiro atoms. The molecule has 0 bridgehead atoms. The molecule has 0 amide bonds. The number of alkyl halides is 3. The quantitative estimate of drug-likeness (QED) is 0.522.